The first kappa shape index (κ1) is 11.9. The van der Waals surface area contributed by atoms with Crippen LogP contribution in [0.5, 0.6) is 0 Å². The quantitative estimate of drug-likeness (QED) is 0.623. The lowest BCUT2D eigenvalue weighted by Crippen LogP contribution is -2.28. The zero-order chi connectivity index (χ0) is 12.8. The summed E-state index contributed by atoms with van der Waals surface area (Å²) in [5.74, 6) is 0.498. The monoisotopic (exact) mass is 264 g/mol. The van der Waals surface area contributed by atoms with Crippen LogP contribution < -0.4 is 0 Å². The van der Waals surface area contributed by atoms with Crippen LogP contribution >= 0.6 is 0 Å². The molecule has 2 unspecified atom stereocenters. The van der Waals surface area contributed by atoms with Crippen molar-refractivity contribution in [2.75, 3.05) is 0 Å². The Morgan fingerprint density at radius 1 is 1.28 bits per heavy atom. The van der Waals surface area contributed by atoms with Crippen molar-refractivity contribution in [1.82, 2.24) is 0 Å². The minimum atomic E-state index is -3.66. The number of hydrogen-bond acceptors (Lipinski definition) is 3. The Hall–Kier alpha value is -1.13. The van der Waals surface area contributed by atoms with E-state index >= 15 is 0 Å². The molecule has 0 aromatic heterocycles. The first-order valence-corrected chi connectivity index (χ1v) is 7.62. The van der Waals surface area contributed by atoms with Crippen molar-refractivity contribution in [3.8, 4) is 0 Å². The highest BCUT2D eigenvalue weighted by Gasteiger charge is 2.45. The van der Waals surface area contributed by atoms with Gasteiger partial charge >= 0.3 is 0 Å². The SMILES string of the molecule is Cc1ccc(S(=O)(=O)OC23C=CC(CC2)C3)cc1. The summed E-state index contributed by atoms with van der Waals surface area (Å²) in [4.78, 5) is 0.242. The van der Waals surface area contributed by atoms with E-state index in [9.17, 15) is 8.42 Å². The van der Waals surface area contributed by atoms with Gasteiger partial charge in [0.2, 0.25) is 0 Å². The molecule has 1 aromatic rings. The number of benzene rings is 1. The second kappa shape index (κ2) is 3.93. The largest absolute Gasteiger partial charge is 0.297 e. The minimum absolute atomic E-state index is 0.242. The predicted molar refractivity (Wildman–Crippen MR) is 68.7 cm³/mol. The molecule has 96 valence electrons. The zero-order valence-electron chi connectivity index (χ0n) is 10.3. The number of aryl methyl sites for hydroxylation is 1. The van der Waals surface area contributed by atoms with Gasteiger partial charge in [0.1, 0.15) is 5.60 Å². The number of hydrogen-bond donors (Lipinski definition) is 0. The van der Waals surface area contributed by atoms with Gasteiger partial charge in [-0.05, 0) is 44.2 Å². The Kier molecular flexibility index (Phi) is 2.61. The van der Waals surface area contributed by atoms with Gasteiger partial charge in [-0.15, -0.1) is 0 Å². The average Bonchev–Trinajstić information content (AvgIpc) is 2.88. The zero-order valence-corrected chi connectivity index (χ0v) is 11.1. The van der Waals surface area contributed by atoms with Crippen LogP contribution in [0.15, 0.2) is 41.3 Å². The highest BCUT2D eigenvalue weighted by Crippen LogP contribution is 2.46. The predicted octanol–water partition coefficient (Wildman–Crippen LogP) is 2.81. The van der Waals surface area contributed by atoms with Crippen molar-refractivity contribution in [2.24, 2.45) is 5.92 Å². The van der Waals surface area contributed by atoms with Crippen LogP contribution in [-0.2, 0) is 14.3 Å². The molecule has 0 radical (unpaired) electrons. The molecule has 3 nitrogen and oxygen atoms in total. The Morgan fingerprint density at radius 3 is 2.50 bits per heavy atom. The third-order valence-corrected chi connectivity index (χ3v) is 5.20. The van der Waals surface area contributed by atoms with E-state index in [0.717, 1.165) is 24.8 Å². The van der Waals surface area contributed by atoms with Crippen LogP contribution in [0.4, 0.5) is 0 Å². The minimum Gasteiger partial charge on any atom is -0.255 e. The van der Waals surface area contributed by atoms with E-state index in [1.54, 1.807) is 24.3 Å². The van der Waals surface area contributed by atoms with Crippen LogP contribution in [-0.4, -0.2) is 14.0 Å². The molecule has 3 rings (SSSR count). The highest BCUT2D eigenvalue weighted by molar-refractivity contribution is 7.86. The van der Waals surface area contributed by atoms with Crippen molar-refractivity contribution in [1.29, 1.82) is 0 Å². The summed E-state index contributed by atoms with van der Waals surface area (Å²) in [6.07, 6.45) is 6.64. The second-order valence-corrected chi connectivity index (χ2v) is 6.82. The van der Waals surface area contributed by atoms with Crippen LogP contribution in [0, 0.1) is 12.8 Å². The fourth-order valence-electron chi connectivity index (χ4n) is 2.78. The first-order chi connectivity index (χ1) is 8.49. The summed E-state index contributed by atoms with van der Waals surface area (Å²) in [5, 5.41) is 0. The molecule has 4 heteroatoms. The normalized spacial score (nSPS) is 29.9. The van der Waals surface area contributed by atoms with Gasteiger partial charge in [0.25, 0.3) is 10.1 Å². The van der Waals surface area contributed by atoms with Crippen molar-refractivity contribution < 1.29 is 12.6 Å². The number of fused-ring (bicyclic) bond motifs is 2. The molecule has 0 saturated heterocycles. The molecule has 0 N–H and O–H groups in total. The van der Waals surface area contributed by atoms with Gasteiger partial charge < -0.3 is 0 Å². The molecule has 18 heavy (non-hydrogen) atoms. The van der Waals surface area contributed by atoms with Gasteiger partial charge in [0, 0.05) is 0 Å². The molecular weight excluding hydrogens is 248 g/mol. The van der Waals surface area contributed by atoms with Crippen molar-refractivity contribution in [3.63, 3.8) is 0 Å². The van der Waals surface area contributed by atoms with E-state index in [-0.39, 0.29) is 4.90 Å². The summed E-state index contributed by atoms with van der Waals surface area (Å²) in [7, 11) is -3.66. The van der Waals surface area contributed by atoms with Gasteiger partial charge in [0.15, 0.2) is 0 Å². The maximum atomic E-state index is 12.2. The summed E-state index contributed by atoms with van der Waals surface area (Å²) in [6, 6.07) is 6.78. The van der Waals surface area contributed by atoms with E-state index < -0.39 is 15.7 Å². The van der Waals surface area contributed by atoms with Crippen LogP contribution in [0.1, 0.15) is 24.8 Å². The van der Waals surface area contributed by atoms with E-state index in [4.69, 9.17) is 4.18 Å². The van der Waals surface area contributed by atoms with Crippen molar-refractivity contribution in [2.45, 2.75) is 36.7 Å². The lowest BCUT2D eigenvalue weighted by molar-refractivity contribution is 0.140. The summed E-state index contributed by atoms with van der Waals surface area (Å²) in [5.41, 5.74) is 0.461. The van der Waals surface area contributed by atoms with Gasteiger partial charge in [-0.25, -0.2) is 0 Å². The Balaban J connectivity index is 1.87. The van der Waals surface area contributed by atoms with Gasteiger partial charge in [0.05, 0.1) is 4.90 Å². The summed E-state index contributed by atoms with van der Waals surface area (Å²) >= 11 is 0. The van der Waals surface area contributed by atoms with Crippen LogP contribution in [0.25, 0.3) is 0 Å². The van der Waals surface area contributed by atoms with E-state index in [1.807, 2.05) is 13.0 Å². The molecule has 1 fully saturated rings. The van der Waals surface area contributed by atoms with Gasteiger partial charge in [-0.2, -0.15) is 8.42 Å². The maximum Gasteiger partial charge on any atom is 0.297 e. The lowest BCUT2D eigenvalue weighted by atomic mass is 10.0. The fourth-order valence-corrected chi connectivity index (χ4v) is 3.99. The molecule has 0 amide bonds. The average molecular weight is 264 g/mol. The highest BCUT2D eigenvalue weighted by atomic mass is 32.2. The maximum absolute atomic E-state index is 12.2. The standard InChI is InChI=1S/C14H16O3S/c1-11-2-4-13(5-3-11)18(15,16)17-14-8-6-12(10-14)7-9-14/h2-6,8,12H,7,9-10H2,1H3. The Bertz CT molecular complexity index is 586. The fraction of sp³-hybridized carbons (Fsp3) is 0.429. The van der Waals surface area contributed by atoms with E-state index in [1.165, 1.54) is 0 Å². The van der Waals surface area contributed by atoms with Gasteiger partial charge in [-0.3, -0.25) is 4.18 Å². The Morgan fingerprint density at radius 2 is 2.00 bits per heavy atom. The topological polar surface area (TPSA) is 43.4 Å². The lowest BCUT2D eigenvalue weighted by Gasteiger charge is -2.23. The first-order valence-electron chi connectivity index (χ1n) is 6.21. The third-order valence-electron chi connectivity index (χ3n) is 3.80. The second-order valence-electron chi connectivity index (χ2n) is 5.28. The molecule has 2 bridgehead atoms. The van der Waals surface area contributed by atoms with E-state index in [0.29, 0.717) is 5.92 Å². The third kappa shape index (κ3) is 1.99. The molecule has 1 saturated carbocycles. The van der Waals surface area contributed by atoms with Crippen LogP contribution in [0.3, 0.4) is 0 Å². The van der Waals surface area contributed by atoms with E-state index in [2.05, 4.69) is 6.08 Å². The summed E-state index contributed by atoms with van der Waals surface area (Å²) < 4.78 is 29.9. The van der Waals surface area contributed by atoms with Crippen molar-refractivity contribution >= 4 is 10.1 Å². The van der Waals surface area contributed by atoms with Gasteiger partial charge in [-0.1, -0.05) is 29.8 Å². The molecule has 2 aliphatic rings. The molecule has 2 aliphatic carbocycles. The molecule has 1 aromatic carbocycles. The molecule has 0 aliphatic heterocycles. The molecule has 0 heterocycles. The molecular formula is C14H16O3S. The smallest absolute Gasteiger partial charge is 0.255 e. The summed E-state index contributed by atoms with van der Waals surface area (Å²) in [6.45, 7) is 1.93. The van der Waals surface area contributed by atoms with Crippen molar-refractivity contribution in [3.05, 3.63) is 42.0 Å². The molecule has 0 spiro atoms. The van der Waals surface area contributed by atoms with Crippen LogP contribution in [0.2, 0.25) is 0 Å². The number of allylic oxidation sites excluding steroid dienone is 1. The Labute approximate surface area is 108 Å². The molecule has 2 atom stereocenters. The number of rotatable bonds is 3.